The van der Waals surface area contributed by atoms with Crippen LogP contribution in [0.25, 0.3) is 0 Å². The van der Waals surface area contributed by atoms with E-state index in [1.165, 1.54) is 17.8 Å². The molecule has 0 aromatic heterocycles. The molecule has 182 valence electrons. The number of amides is 2. The van der Waals surface area contributed by atoms with Crippen molar-refractivity contribution in [2.75, 3.05) is 10.6 Å². The number of hydrogen-bond acceptors (Lipinski definition) is 3. The van der Waals surface area contributed by atoms with Gasteiger partial charge in [-0.3, -0.25) is 9.59 Å². The van der Waals surface area contributed by atoms with Crippen LogP contribution in [0.3, 0.4) is 0 Å². The van der Waals surface area contributed by atoms with E-state index < -0.39 is 5.25 Å². The summed E-state index contributed by atoms with van der Waals surface area (Å²) in [5.74, 6) is -0.536. The summed E-state index contributed by atoms with van der Waals surface area (Å²) in [6.45, 7) is 1.91. The van der Waals surface area contributed by atoms with Crippen LogP contribution in [0.5, 0.6) is 0 Å². The molecule has 0 aliphatic heterocycles. The third-order valence-corrected chi connectivity index (χ3v) is 7.35. The van der Waals surface area contributed by atoms with Crippen molar-refractivity contribution < 1.29 is 9.59 Å². The summed E-state index contributed by atoms with van der Waals surface area (Å²) in [6, 6.07) is 26.9. The molecule has 4 aromatic rings. The Kier molecular flexibility index (Phi) is 8.60. The molecule has 8 heteroatoms. The van der Waals surface area contributed by atoms with Crippen molar-refractivity contribution in [3.05, 3.63) is 123 Å². The summed E-state index contributed by atoms with van der Waals surface area (Å²) >= 11 is 19.6. The Balaban J connectivity index is 1.56. The normalized spacial score (nSPS) is 11.6. The molecule has 2 amide bonds. The number of hydrogen-bond donors (Lipinski definition) is 2. The first kappa shape index (κ1) is 26.1. The maximum atomic E-state index is 13.4. The molecule has 1 unspecified atom stereocenters. The molecule has 1 atom stereocenters. The van der Waals surface area contributed by atoms with Gasteiger partial charge in [-0.25, -0.2) is 0 Å². The topological polar surface area (TPSA) is 58.2 Å². The molecule has 0 aliphatic rings. The molecule has 0 saturated heterocycles. The molecular formula is C28H21Cl3N2O2S. The Morgan fingerprint density at radius 1 is 0.778 bits per heavy atom. The standard InChI is InChI=1S/C28H21Cl3N2O2S/c1-17-10-11-20(30)15-25(17)33-28(35)26(18-6-3-2-4-7-18)36-22-9-5-8-21(16-22)32-27(34)23-13-12-19(29)14-24(23)31/h2-16,26H,1H3,(H,32,34)(H,33,35). The van der Waals surface area contributed by atoms with Crippen LogP contribution in [0.2, 0.25) is 15.1 Å². The average Bonchev–Trinajstić information content (AvgIpc) is 2.85. The first-order valence-corrected chi connectivity index (χ1v) is 13.0. The number of carbonyl (C=O) groups is 2. The van der Waals surface area contributed by atoms with Gasteiger partial charge in [0.25, 0.3) is 5.91 Å². The number of anilines is 2. The van der Waals surface area contributed by atoms with E-state index in [9.17, 15) is 9.59 Å². The molecule has 0 bridgehead atoms. The lowest BCUT2D eigenvalue weighted by molar-refractivity contribution is -0.115. The zero-order chi connectivity index (χ0) is 25.7. The van der Waals surface area contributed by atoms with Crippen LogP contribution in [0, 0.1) is 6.92 Å². The van der Waals surface area contributed by atoms with Gasteiger partial charge < -0.3 is 10.6 Å². The summed E-state index contributed by atoms with van der Waals surface area (Å²) in [5.41, 5.74) is 3.32. The predicted octanol–water partition coefficient (Wildman–Crippen LogP) is 8.68. The fourth-order valence-corrected chi connectivity index (χ4v) is 5.23. The quantitative estimate of drug-likeness (QED) is 0.224. The molecule has 0 saturated carbocycles. The van der Waals surface area contributed by atoms with Crippen LogP contribution in [0.1, 0.15) is 26.7 Å². The molecule has 0 heterocycles. The fourth-order valence-electron chi connectivity index (χ4n) is 3.48. The summed E-state index contributed by atoms with van der Waals surface area (Å²) in [5, 5.41) is 6.59. The SMILES string of the molecule is Cc1ccc(Cl)cc1NC(=O)C(Sc1cccc(NC(=O)c2ccc(Cl)cc2Cl)c1)c1ccccc1. The van der Waals surface area contributed by atoms with E-state index >= 15 is 0 Å². The number of halogens is 3. The third-order valence-electron chi connectivity index (χ3n) is 5.32. The first-order chi connectivity index (χ1) is 17.3. The van der Waals surface area contributed by atoms with Gasteiger partial charge in [0, 0.05) is 26.3 Å². The Bertz CT molecular complexity index is 1410. The molecule has 0 aliphatic carbocycles. The second kappa shape index (κ2) is 11.8. The van der Waals surface area contributed by atoms with Crippen molar-refractivity contribution >= 4 is 69.8 Å². The minimum atomic E-state index is -0.541. The molecule has 0 spiro atoms. The van der Waals surface area contributed by atoms with Crippen molar-refractivity contribution in [2.45, 2.75) is 17.1 Å². The van der Waals surface area contributed by atoms with Crippen LogP contribution in [0.15, 0.2) is 95.9 Å². The zero-order valence-corrected chi connectivity index (χ0v) is 22.2. The van der Waals surface area contributed by atoms with E-state index in [0.717, 1.165) is 16.0 Å². The second-order valence-electron chi connectivity index (χ2n) is 7.96. The van der Waals surface area contributed by atoms with Gasteiger partial charge in [-0.1, -0.05) is 77.3 Å². The molecule has 4 rings (SSSR count). The molecule has 2 N–H and O–H groups in total. The Morgan fingerprint density at radius 2 is 1.50 bits per heavy atom. The second-order valence-corrected chi connectivity index (χ2v) is 10.4. The maximum Gasteiger partial charge on any atom is 0.257 e. The Morgan fingerprint density at radius 3 is 2.25 bits per heavy atom. The van der Waals surface area contributed by atoms with Crippen LogP contribution >= 0.6 is 46.6 Å². The predicted molar refractivity (Wildman–Crippen MR) is 151 cm³/mol. The van der Waals surface area contributed by atoms with Crippen molar-refractivity contribution in [3.63, 3.8) is 0 Å². The minimum absolute atomic E-state index is 0.182. The van der Waals surface area contributed by atoms with Gasteiger partial charge in [-0.05, 0) is 66.6 Å². The summed E-state index contributed by atoms with van der Waals surface area (Å²) in [4.78, 5) is 27.0. The lowest BCUT2D eigenvalue weighted by Gasteiger charge is -2.18. The van der Waals surface area contributed by atoms with Crippen molar-refractivity contribution in [2.24, 2.45) is 0 Å². The Hall–Kier alpha value is -2.96. The zero-order valence-electron chi connectivity index (χ0n) is 19.1. The van der Waals surface area contributed by atoms with E-state index in [1.807, 2.05) is 61.5 Å². The average molecular weight is 556 g/mol. The van der Waals surface area contributed by atoms with Gasteiger partial charge in [0.2, 0.25) is 5.91 Å². The minimum Gasteiger partial charge on any atom is -0.325 e. The molecule has 36 heavy (non-hydrogen) atoms. The van der Waals surface area contributed by atoms with Crippen molar-refractivity contribution in [1.29, 1.82) is 0 Å². The number of carbonyl (C=O) groups excluding carboxylic acids is 2. The van der Waals surface area contributed by atoms with Gasteiger partial charge >= 0.3 is 0 Å². The first-order valence-electron chi connectivity index (χ1n) is 11.0. The summed E-state index contributed by atoms with van der Waals surface area (Å²) in [7, 11) is 0. The highest BCUT2D eigenvalue weighted by Gasteiger charge is 2.23. The van der Waals surface area contributed by atoms with Gasteiger partial charge in [-0.2, -0.15) is 0 Å². The number of benzene rings is 4. The largest absolute Gasteiger partial charge is 0.325 e. The van der Waals surface area contributed by atoms with Gasteiger partial charge in [0.1, 0.15) is 5.25 Å². The fraction of sp³-hybridized carbons (Fsp3) is 0.0714. The monoisotopic (exact) mass is 554 g/mol. The number of rotatable bonds is 7. The van der Waals surface area contributed by atoms with Gasteiger partial charge in [0.15, 0.2) is 0 Å². The third kappa shape index (κ3) is 6.62. The van der Waals surface area contributed by atoms with E-state index in [-0.39, 0.29) is 16.8 Å². The summed E-state index contributed by atoms with van der Waals surface area (Å²) < 4.78 is 0. The van der Waals surface area contributed by atoms with Crippen LogP contribution < -0.4 is 10.6 Å². The molecule has 4 nitrogen and oxygen atoms in total. The summed E-state index contributed by atoms with van der Waals surface area (Å²) in [6.07, 6.45) is 0. The van der Waals surface area contributed by atoms with Crippen LogP contribution in [0.4, 0.5) is 11.4 Å². The highest BCUT2D eigenvalue weighted by atomic mass is 35.5. The lowest BCUT2D eigenvalue weighted by atomic mass is 10.1. The lowest BCUT2D eigenvalue weighted by Crippen LogP contribution is -2.19. The van der Waals surface area contributed by atoms with Crippen LogP contribution in [-0.2, 0) is 4.79 Å². The molecule has 4 aromatic carbocycles. The number of nitrogens with one attached hydrogen (secondary N) is 2. The smallest absolute Gasteiger partial charge is 0.257 e. The van der Waals surface area contributed by atoms with Gasteiger partial charge in [-0.15, -0.1) is 11.8 Å². The highest BCUT2D eigenvalue weighted by Crippen LogP contribution is 2.37. The number of thioether (sulfide) groups is 1. The Labute approximate surface area is 229 Å². The van der Waals surface area contributed by atoms with E-state index in [4.69, 9.17) is 34.8 Å². The molecule has 0 radical (unpaired) electrons. The van der Waals surface area contributed by atoms with E-state index in [0.29, 0.717) is 27.0 Å². The van der Waals surface area contributed by atoms with E-state index in [2.05, 4.69) is 10.6 Å². The number of aryl methyl sites for hydroxylation is 1. The van der Waals surface area contributed by atoms with Gasteiger partial charge in [0.05, 0.1) is 10.6 Å². The maximum absolute atomic E-state index is 13.4. The highest BCUT2D eigenvalue weighted by molar-refractivity contribution is 8.00. The van der Waals surface area contributed by atoms with Crippen molar-refractivity contribution in [3.8, 4) is 0 Å². The molecular weight excluding hydrogens is 535 g/mol. The van der Waals surface area contributed by atoms with Crippen LogP contribution in [-0.4, -0.2) is 11.8 Å². The van der Waals surface area contributed by atoms with E-state index in [1.54, 1.807) is 30.3 Å². The van der Waals surface area contributed by atoms with Crippen molar-refractivity contribution in [1.82, 2.24) is 0 Å². The molecule has 0 fully saturated rings.